The monoisotopic (exact) mass is 235 g/mol. The number of aliphatic carboxylic acids is 1. The van der Waals surface area contributed by atoms with Crippen molar-refractivity contribution in [3.05, 3.63) is 30.1 Å². The average molecular weight is 235 g/mol. The summed E-state index contributed by atoms with van der Waals surface area (Å²) in [7, 11) is 0. The van der Waals surface area contributed by atoms with Crippen molar-refractivity contribution >= 4 is 17.6 Å². The van der Waals surface area contributed by atoms with Gasteiger partial charge in [0.05, 0.1) is 5.92 Å². The Balaban J connectivity index is 2.65. The molecule has 1 rings (SSSR count). The molecule has 0 aliphatic heterocycles. The lowest BCUT2D eigenvalue weighted by Crippen LogP contribution is -2.24. The van der Waals surface area contributed by atoms with Crippen LogP contribution in [0.5, 0.6) is 0 Å². The summed E-state index contributed by atoms with van der Waals surface area (Å²) in [5, 5.41) is 12.5. The summed E-state index contributed by atoms with van der Waals surface area (Å²) in [6.45, 7) is 3.05. The number of rotatable bonds is 4. The van der Waals surface area contributed by atoms with Crippen molar-refractivity contribution in [3.63, 3.8) is 0 Å². The van der Waals surface area contributed by atoms with E-state index in [1.165, 1.54) is 19.3 Å². The minimum atomic E-state index is -0.982. The van der Waals surface area contributed by atoms with E-state index in [1.54, 1.807) is 19.1 Å². The number of carbonyl (C=O) groups is 2. The molecule has 0 aliphatic rings. The first-order chi connectivity index (χ1) is 8.02. The third kappa shape index (κ3) is 3.67. The van der Waals surface area contributed by atoms with Crippen molar-refractivity contribution in [3.8, 4) is 0 Å². The van der Waals surface area contributed by atoms with Crippen LogP contribution in [-0.2, 0) is 4.79 Å². The lowest BCUT2D eigenvalue weighted by molar-refractivity contribution is -0.138. The van der Waals surface area contributed by atoms with E-state index in [0.29, 0.717) is 11.3 Å². The molecule has 1 aromatic heterocycles. The Morgan fingerprint density at radius 1 is 1.41 bits per heavy atom. The van der Waals surface area contributed by atoms with E-state index in [0.717, 1.165) is 0 Å². The highest BCUT2D eigenvalue weighted by Gasteiger charge is 2.14. The number of carboxylic acids is 1. The van der Waals surface area contributed by atoms with Crippen molar-refractivity contribution in [1.82, 2.24) is 10.4 Å². The van der Waals surface area contributed by atoms with Crippen LogP contribution >= 0.6 is 0 Å². The first kappa shape index (κ1) is 12.8. The molecule has 1 unspecified atom stereocenters. The van der Waals surface area contributed by atoms with Gasteiger partial charge in [0.15, 0.2) is 0 Å². The van der Waals surface area contributed by atoms with Gasteiger partial charge in [-0.15, -0.1) is 0 Å². The third-order valence-corrected chi connectivity index (χ3v) is 2.27. The molecule has 1 atom stereocenters. The van der Waals surface area contributed by atoms with E-state index >= 15 is 0 Å². The molecule has 0 spiro atoms. The van der Waals surface area contributed by atoms with E-state index in [2.05, 4.69) is 15.5 Å². The molecule has 2 N–H and O–H groups in total. The molecule has 1 aromatic rings. The Morgan fingerprint density at radius 2 is 2.00 bits per heavy atom. The maximum absolute atomic E-state index is 11.5. The Labute approximate surface area is 98.4 Å². The lowest BCUT2D eigenvalue weighted by Gasteiger charge is -2.05. The fourth-order valence-electron chi connectivity index (χ4n) is 0.982. The van der Waals surface area contributed by atoms with Crippen LogP contribution in [0.2, 0.25) is 0 Å². The first-order valence-corrected chi connectivity index (χ1v) is 4.99. The Bertz CT molecular complexity index is 443. The highest BCUT2D eigenvalue weighted by molar-refractivity contribution is 6.01. The van der Waals surface area contributed by atoms with Crippen LogP contribution in [0.15, 0.2) is 29.6 Å². The normalized spacial score (nSPS) is 12.9. The zero-order valence-corrected chi connectivity index (χ0v) is 9.54. The van der Waals surface area contributed by atoms with Crippen LogP contribution in [0.25, 0.3) is 0 Å². The summed E-state index contributed by atoms with van der Waals surface area (Å²) in [6, 6.07) is 3.08. The molecule has 0 fully saturated rings. The quantitative estimate of drug-likeness (QED) is 0.599. The van der Waals surface area contributed by atoms with Crippen LogP contribution in [0.1, 0.15) is 24.2 Å². The number of carbonyl (C=O) groups excluding carboxylic acids is 1. The SMILES string of the molecule is C/C(=N\NC(=O)c1ccncc1)C(C)C(=O)O. The van der Waals surface area contributed by atoms with Crippen molar-refractivity contribution in [2.75, 3.05) is 0 Å². The zero-order valence-electron chi connectivity index (χ0n) is 9.54. The van der Waals surface area contributed by atoms with Gasteiger partial charge in [0, 0.05) is 23.7 Å². The predicted molar refractivity (Wildman–Crippen MR) is 61.6 cm³/mol. The minimum Gasteiger partial charge on any atom is -0.481 e. The van der Waals surface area contributed by atoms with Gasteiger partial charge in [0.25, 0.3) is 5.91 Å². The molecule has 0 aromatic carbocycles. The van der Waals surface area contributed by atoms with Gasteiger partial charge in [-0.05, 0) is 26.0 Å². The predicted octanol–water partition coefficient (Wildman–Crippen LogP) is 0.908. The molecular formula is C11H13N3O3. The molecule has 0 saturated carbocycles. The summed E-state index contributed by atoms with van der Waals surface area (Å²) >= 11 is 0. The maximum Gasteiger partial charge on any atom is 0.312 e. The summed E-state index contributed by atoms with van der Waals surface area (Å²) < 4.78 is 0. The van der Waals surface area contributed by atoms with E-state index in [9.17, 15) is 9.59 Å². The van der Waals surface area contributed by atoms with E-state index in [4.69, 9.17) is 5.11 Å². The molecule has 6 nitrogen and oxygen atoms in total. The van der Waals surface area contributed by atoms with Crippen LogP contribution < -0.4 is 5.43 Å². The fraction of sp³-hybridized carbons (Fsp3) is 0.273. The molecule has 6 heteroatoms. The second-order valence-corrected chi connectivity index (χ2v) is 3.49. The van der Waals surface area contributed by atoms with Crippen LogP contribution in [0.4, 0.5) is 0 Å². The highest BCUT2D eigenvalue weighted by Crippen LogP contribution is 1.99. The van der Waals surface area contributed by atoms with Crippen LogP contribution in [0.3, 0.4) is 0 Å². The van der Waals surface area contributed by atoms with Gasteiger partial charge < -0.3 is 5.11 Å². The summed E-state index contributed by atoms with van der Waals surface area (Å²) in [4.78, 5) is 26.0. The largest absolute Gasteiger partial charge is 0.481 e. The zero-order chi connectivity index (χ0) is 12.8. The average Bonchev–Trinajstić information content (AvgIpc) is 2.35. The molecule has 0 radical (unpaired) electrons. The van der Waals surface area contributed by atoms with Gasteiger partial charge in [-0.3, -0.25) is 14.6 Å². The summed E-state index contributed by atoms with van der Waals surface area (Å²) in [6.07, 6.45) is 2.98. The third-order valence-electron chi connectivity index (χ3n) is 2.27. The molecule has 90 valence electrons. The number of hydrogen-bond donors (Lipinski definition) is 2. The smallest absolute Gasteiger partial charge is 0.312 e. The van der Waals surface area contributed by atoms with E-state index < -0.39 is 17.8 Å². The molecule has 1 amide bonds. The summed E-state index contributed by atoms with van der Waals surface area (Å²) in [5.74, 6) is -2.11. The van der Waals surface area contributed by atoms with Gasteiger partial charge in [0.1, 0.15) is 0 Å². The minimum absolute atomic E-state index is 0.333. The number of hydrogen-bond acceptors (Lipinski definition) is 4. The molecular weight excluding hydrogens is 222 g/mol. The fourth-order valence-corrected chi connectivity index (χ4v) is 0.982. The number of pyridine rings is 1. The first-order valence-electron chi connectivity index (χ1n) is 4.99. The summed E-state index contributed by atoms with van der Waals surface area (Å²) in [5.41, 5.74) is 3.04. The number of hydrazone groups is 1. The van der Waals surface area contributed by atoms with E-state index in [1.807, 2.05) is 0 Å². The molecule has 0 aliphatic carbocycles. The highest BCUT2D eigenvalue weighted by atomic mass is 16.4. The molecule has 1 heterocycles. The number of nitrogens with one attached hydrogen (secondary N) is 1. The van der Waals surface area contributed by atoms with Gasteiger partial charge >= 0.3 is 5.97 Å². The standard InChI is InChI=1S/C11H13N3O3/c1-7(11(16)17)8(2)13-14-10(15)9-3-5-12-6-4-9/h3-7H,1-2H3,(H,14,15)(H,16,17)/b13-8+. The second-order valence-electron chi connectivity index (χ2n) is 3.49. The van der Waals surface area contributed by atoms with E-state index in [-0.39, 0.29) is 0 Å². The lowest BCUT2D eigenvalue weighted by atomic mass is 10.1. The van der Waals surface area contributed by atoms with Gasteiger partial charge in [-0.25, -0.2) is 5.43 Å². The maximum atomic E-state index is 11.5. The number of nitrogens with zero attached hydrogens (tertiary/aromatic N) is 2. The van der Waals surface area contributed by atoms with Crippen molar-refractivity contribution in [2.24, 2.45) is 11.0 Å². The van der Waals surface area contributed by atoms with Gasteiger partial charge in [-0.2, -0.15) is 5.10 Å². The number of amides is 1. The van der Waals surface area contributed by atoms with Crippen LogP contribution in [-0.4, -0.2) is 27.7 Å². The van der Waals surface area contributed by atoms with Gasteiger partial charge in [0.2, 0.25) is 0 Å². The van der Waals surface area contributed by atoms with Crippen LogP contribution in [0, 0.1) is 5.92 Å². The second kappa shape index (κ2) is 5.74. The molecule has 0 saturated heterocycles. The van der Waals surface area contributed by atoms with Crippen molar-refractivity contribution in [1.29, 1.82) is 0 Å². The molecule has 0 bridgehead atoms. The Kier molecular flexibility index (Phi) is 4.33. The number of aromatic nitrogens is 1. The topological polar surface area (TPSA) is 91.7 Å². The van der Waals surface area contributed by atoms with Gasteiger partial charge in [-0.1, -0.05) is 0 Å². The van der Waals surface area contributed by atoms with Crippen molar-refractivity contribution in [2.45, 2.75) is 13.8 Å². The van der Waals surface area contributed by atoms with Crippen molar-refractivity contribution < 1.29 is 14.7 Å². The number of carboxylic acid groups (broad SMARTS) is 1. The Hall–Kier alpha value is -2.24. The Morgan fingerprint density at radius 3 is 2.53 bits per heavy atom. The molecule has 17 heavy (non-hydrogen) atoms.